The van der Waals surface area contributed by atoms with Gasteiger partial charge in [0, 0.05) is 12.0 Å². The average molecular weight is 332 g/mol. The first kappa shape index (κ1) is 17.2. The van der Waals surface area contributed by atoms with Crippen LogP contribution in [-0.2, 0) is 11.2 Å². The molecule has 2 rings (SSSR count). The Hall–Kier alpha value is -3.14. The van der Waals surface area contributed by atoms with Crippen LogP contribution in [0.1, 0.15) is 16.7 Å². The molecule has 5 nitrogen and oxygen atoms in total. The molecule has 0 spiro atoms. The maximum absolute atomic E-state index is 13.5. The molecule has 0 aliphatic rings. The second kappa shape index (κ2) is 7.92. The van der Waals surface area contributed by atoms with E-state index in [2.05, 4.69) is 4.74 Å². The van der Waals surface area contributed by atoms with Gasteiger partial charge < -0.3 is 15.2 Å². The van der Waals surface area contributed by atoms with Crippen LogP contribution < -0.4 is 10.5 Å². The number of primary amides is 1. The fraction of sp³-hybridized carbons (Fsp3) is 0.176. The van der Waals surface area contributed by atoms with Crippen molar-refractivity contribution in [1.29, 1.82) is 5.26 Å². The fourth-order valence-electron chi connectivity index (χ4n) is 2.16. The molecular weight excluding hydrogens is 318 g/mol. The molecule has 0 atom stereocenters. The van der Waals surface area contributed by atoms with Crippen LogP contribution in [-0.4, -0.2) is 19.3 Å². The van der Waals surface area contributed by atoms with Crippen LogP contribution in [0.4, 0.5) is 13.6 Å². The summed E-state index contributed by atoms with van der Waals surface area (Å²) < 4.78 is 37.0. The van der Waals surface area contributed by atoms with Gasteiger partial charge in [0.05, 0.1) is 11.6 Å². The fourth-order valence-corrected chi connectivity index (χ4v) is 2.16. The number of nitrogens with two attached hydrogens (primary N) is 1. The third kappa shape index (κ3) is 4.95. The maximum Gasteiger partial charge on any atom is 0.404 e. The molecule has 2 aromatic carbocycles. The number of nitriles is 1. The molecule has 0 saturated carbocycles. The smallest absolute Gasteiger partial charge is 0.404 e. The minimum absolute atomic E-state index is 0.0359. The molecule has 24 heavy (non-hydrogen) atoms. The number of halogens is 2. The lowest BCUT2D eigenvalue weighted by atomic mass is 10.0. The summed E-state index contributed by atoms with van der Waals surface area (Å²) in [5, 5.41) is 8.89. The number of amides is 1. The Balaban J connectivity index is 2.17. The zero-order chi connectivity index (χ0) is 17.5. The van der Waals surface area contributed by atoms with E-state index < -0.39 is 17.7 Å². The summed E-state index contributed by atoms with van der Waals surface area (Å²) in [4.78, 5) is 10.5. The van der Waals surface area contributed by atoms with E-state index in [1.807, 2.05) is 6.07 Å². The molecule has 0 unspecified atom stereocenters. The van der Waals surface area contributed by atoms with E-state index in [-0.39, 0.29) is 25.2 Å². The van der Waals surface area contributed by atoms with E-state index in [1.165, 1.54) is 30.3 Å². The molecule has 124 valence electrons. The van der Waals surface area contributed by atoms with Crippen molar-refractivity contribution in [2.45, 2.75) is 6.42 Å². The molecule has 0 bridgehead atoms. The highest BCUT2D eigenvalue weighted by Crippen LogP contribution is 2.24. The van der Waals surface area contributed by atoms with Crippen molar-refractivity contribution in [3.8, 4) is 11.8 Å². The second-order valence-electron chi connectivity index (χ2n) is 4.90. The van der Waals surface area contributed by atoms with Crippen LogP contribution in [0.2, 0.25) is 0 Å². The molecule has 0 heterocycles. The van der Waals surface area contributed by atoms with Gasteiger partial charge in [-0.25, -0.2) is 13.6 Å². The average Bonchev–Trinajstić information content (AvgIpc) is 2.52. The summed E-state index contributed by atoms with van der Waals surface area (Å²) in [7, 11) is 0. The zero-order valence-corrected chi connectivity index (χ0v) is 12.6. The van der Waals surface area contributed by atoms with Gasteiger partial charge in [0.1, 0.15) is 30.6 Å². The van der Waals surface area contributed by atoms with Crippen molar-refractivity contribution in [1.82, 2.24) is 0 Å². The second-order valence-corrected chi connectivity index (χ2v) is 4.90. The first-order chi connectivity index (χ1) is 11.5. The molecule has 1 amide bonds. The standard InChI is InChI=1S/C17H14F2N2O3/c18-14-1-2-16(23-3-4-24-17(21)22)13(9-14)6-11-5-12(10-20)8-15(19)7-11/h1-2,5,7-9H,3-4,6H2,(H2,21,22). The van der Waals surface area contributed by atoms with Gasteiger partial charge in [-0.3, -0.25) is 0 Å². The monoisotopic (exact) mass is 332 g/mol. The van der Waals surface area contributed by atoms with Gasteiger partial charge in [-0.15, -0.1) is 0 Å². The van der Waals surface area contributed by atoms with Crippen LogP contribution in [0, 0.1) is 23.0 Å². The summed E-state index contributed by atoms with van der Waals surface area (Å²) in [6.45, 7) is -0.0150. The van der Waals surface area contributed by atoms with Crippen molar-refractivity contribution >= 4 is 6.09 Å². The molecule has 0 aliphatic heterocycles. The van der Waals surface area contributed by atoms with Crippen molar-refractivity contribution in [2.75, 3.05) is 13.2 Å². The molecule has 7 heteroatoms. The Morgan fingerprint density at radius 2 is 1.92 bits per heavy atom. The number of hydrogen-bond donors (Lipinski definition) is 1. The number of nitrogens with zero attached hydrogens (tertiary/aromatic N) is 1. The molecular formula is C17H14F2N2O3. The van der Waals surface area contributed by atoms with Gasteiger partial charge in [0.15, 0.2) is 0 Å². The van der Waals surface area contributed by atoms with Gasteiger partial charge in [0.2, 0.25) is 0 Å². The van der Waals surface area contributed by atoms with Crippen molar-refractivity contribution in [2.24, 2.45) is 5.73 Å². The quantitative estimate of drug-likeness (QED) is 0.824. The molecule has 0 aliphatic carbocycles. The maximum atomic E-state index is 13.5. The third-order valence-electron chi connectivity index (χ3n) is 3.09. The number of ether oxygens (including phenoxy) is 2. The lowest BCUT2D eigenvalue weighted by Crippen LogP contribution is -2.17. The largest absolute Gasteiger partial charge is 0.490 e. The molecule has 0 aromatic heterocycles. The number of hydrogen-bond acceptors (Lipinski definition) is 4. The van der Waals surface area contributed by atoms with E-state index in [0.717, 1.165) is 6.07 Å². The van der Waals surface area contributed by atoms with E-state index in [1.54, 1.807) is 0 Å². The predicted octanol–water partition coefficient (Wildman–Crippen LogP) is 2.90. The molecule has 0 fully saturated rings. The van der Waals surface area contributed by atoms with Crippen molar-refractivity contribution in [3.63, 3.8) is 0 Å². The first-order valence-electron chi connectivity index (χ1n) is 7.01. The summed E-state index contributed by atoms with van der Waals surface area (Å²) in [6, 6.07) is 9.69. The van der Waals surface area contributed by atoms with E-state index in [0.29, 0.717) is 16.9 Å². The predicted molar refractivity (Wildman–Crippen MR) is 81.4 cm³/mol. The van der Waals surface area contributed by atoms with Crippen LogP contribution in [0.3, 0.4) is 0 Å². The van der Waals surface area contributed by atoms with Gasteiger partial charge in [-0.2, -0.15) is 5.26 Å². The van der Waals surface area contributed by atoms with Crippen LogP contribution in [0.5, 0.6) is 5.75 Å². The Kier molecular flexibility index (Phi) is 5.68. The SMILES string of the molecule is N#Cc1cc(F)cc(Cc2cc(F)ccc2OCCOC(N)=O)c1. The first-order valence-corrected chi connectivity index (χ1v) is 7.01. The van der Waals surface area contributed by atoms with Gasteiger partial charge in [-0.05, 0) is 42.0 Å². The Bertz CT molecular complexity index is 788. The van der Waals surface area contributed by atoms with Crippen LogP contribution >= 0.6 is 0 Å². The molecule has 0 saturated heterocycles. The van der Waals surface area contributed by atoms with Crippen molar-refractivity contribution in [3.05, 3.63) is 64.7 Å². The Morgan fingerprint density at radius 1 is 1.12 bits per heavy atom. The van der Waals surface area contributed by atoms with Crippen LogP contribution in [0.25, 0.3) is 0 Å². The number of benzene rings is 2. The summed E-state index contributed by atoms with van der Waals surface area (Å²) >= 11 is 0. The highest BCUT2D eigenvalue weighted by molar-refractivity contribution is 5.64. The Labute approximate surface area is 137 Å². The minimum atomic E-state index is -0.915. The number of carbonyl (C=O) groups is 1. The molecule has 0 radical (unpaired) electrons. The number of rotatable bonds is 6. The van der Waals surface area contributed by atoms with Crippen molar-refractivity contribution < 1.29 is 23.0 Å². The summed E-state index contributed by atoms with van der Waals surface area (Å²) in [6.07, 6.45) is -0.738. The Morgan fingerprint density at radius 3 is 2.62 bits per heavy atom. The topological polar surface area (TPSA) is 85.3 Å². The van der Waals surface area contributed by atoms with E-state index in [9.17, 15) is 13.6 Å². The van der Waals surface area contributed by atoms with Crippen LogP contribution in [0.15, 0.2) is 36.4 Å². The summed E-state index contributed by atoms with van der Waals surface area (Å²) in [5.41, 5.74) is 6.00. The minimum Gasteiger partial charge on any atom is -0.490 e. The van der Waals surface area contributed by atoms with E-state index in [4.69, 9.17) is 15.7 Å². The summed E-state index contributed by atoms with van der Waals surface area (Å²) in [5.74, 6) is -0.646. The lowest BCUT2D eigenvalue weighted by molar-refractivity contribution is 0.133. The highest BCUT2D eigenvalue weighted by atomic mass is 19.1. The lowest BCUT2D eigenvalue weighted by Gasteiger charge is -2.12. The van der Waals surface area contributed by atoms with Gasteiger partial charge in [0.25, 0.3) is 0 Å². The number of carbonyl (C=O) groups excluding carboxylic acids is 1. The zero-order valence-electron chi connectivity index (χ0n) is 12.6. The normalized spacial score (nSPS) is 10.0. The van der Waals surface area contributed by atoms with Gasteiger partial charge >= 0.3 is 6.09 Å². The molecule has 2 aromatic rings. The molecule has 2 N–H and O–H groups in total. The van der Waals surface area contributed by atoms with E-state index >= 15 is 0 Å². The third-order valence-corrected chi connectivity index (χ3v) is 3.09. The highest BCUT2D eigenvalue weighted by Gasteiger charge is 2.09. The van der Waals surface area contributed by atoms with Gasteiger partial charge in [-0.1, -0.05) is 0 Å².